The molecule has 5 nitrogen and oxygen atoms in total. The summed E-state index contributed by atoms with van der Waals surface area (Å²) in [6.07, 6.45) is 2.43. The van der Waals surface area contributed by atoms with E-state index in [1.807, 2.05) is 29.2 Å². The Morgan fingerprint density at radius 1 is 1.24 bits per heavy atom. The van der Waals surface area contributed by atoms with Crippen molar-refractivity contribution >= 4 is 34.8 Å². The van der Waals surface area contributed by atoms with E-state index in [0.29, 0.717) is 22.9 Å². The second-order valence-corrected chi connectivity index (χ2v) is 9.23. The standard InChI is InChI=1S/C26H25ClN2O3S/c1-3-13-28(26(31)19-5-4-6-21(16-19)32-2)17-24(30)29-14-11-23-22(12-15-33-23)25(29)18-7-9-20(27)10-8-18/h3-10,12,15-16,25H,1,11,13-14,17H2,2H3. The van der Waals surface area contributed by atoms with Gasteiger partial charge in [0.05, 0.1) is 13.2 Å². The van der Waals surface area contributed by atoms with Crippen molar-refractivity contribution in [2.75, 3.05) is 26.7 Å². The Hall–Kier alpha value is -3.09. The fourth-order valence-electron chi connectivity index (χ4n) is 4.16. The van der Waals surface area contributed by atoms with Crippen LogP contribution in [0.1, 0.15) is 32.4 Å². The van der Waals surface area contributed by atoms with Crippen LogP contribution >= 0.6 is 22.9 Å². The highest BCUT2D eigenvalue weighted by Gasteiger charge is 2.34. The van der Waals surface area contributed by atoms with Gasteiger partial charge in [0.2, 0.25) is 5.91 Å². The van der Waals surface area contributed by atoms with Crippen LogP contribution in [0.5, 0.6) is 5.75 Å². The van der Waals surface area contributed by atoms with Crippen molar-refractivity contribution < 1.29 is 14.3 Å². The van der Waals surface area contributed by atoms with Gasteiger partial charge >= 0.3 is 0 Å². The highest BCUT2D eigenvalue weighted by atomic mass is 35.5. The number of carbonyl (C=O) groups is 2. The van der Waals surface area contributed by atoms with Gasteiger partial charge < -0.3 is 14.5 Å². The molecule has 33 heavy (non-hydrogen) atoms. The van der Waals surface area contributed by atoms with Gasteiger partial charge in [0, 0.05) is 28.6 Å². The number of nitrogens with zero attached hydrogens (tertiary/aromatic N) is 2. The number of thiophene rings is 1. The van der Waals surface area contributed by atoms with Crippen molar-refractivity contribution in [2.45, 2.75) is 12.5 Å². The van der Waals surface area contributed by atoms with Crippen molar-refractivity contribution in [2.24, 2.45) is 0 Å². The lowest BCUT2D eigenvalue weighted by Crippen LogP contribution is -2.46. The van der Waals surface area contributed by atoms with Gasteiger partial charge in [-0.1, -0.05) is 35.9 Å². The number of amides is 2. The summed E-state index contributed by atoms with van der Waals surface area (Å²) < 4.78 is 5.24. The molecule has 0 spiro atoms. The van der Waals surface area contributed by atoms with Gasteiger partial charge in [-0.25, -0.2) is 0 Å². The summed E-state index contributed by atoms with van der Waals surface area (Å²) in [6, 6.07) is 16.4. The van der Waals surface area contributed by atoms with Crippen LogP contribution in [0.25, 0.3) is 0 Å². The molecule has 1 aromatic heterocycles. The third-order valence-corrected chi connectivity index (χ3v) is 7.00. The molecule has 0 radical (unpaired) electrons. The molecule has 0 saturated carbocycles. The molecule has 0 saturated heterocycles. The van der Waals surface area contributed by atoms with Crippen LogP contribution in [0.3, 0.4) is 0 Å². The molecule has 3 aromatic rings. The summed E-state index contributed by atoms with van der Waals surface area (Å²) in [5.41, 5.74) is 2.61. The summed E-state index contributed by atoms with van der Waals surface area (Å²) in [5.74, 6) is 0.248. The minimum Gasteiger partial charge on any atom is -0.497 e. The predicted octanol–water partition coefficient (Wildman–Crippen LogP) is 5.21. The van der Waals surface area contributed by atoms with Crippen molar-refractivity contribution in [1.82, 2.24) is 9.80 Å². The monoisotopic (exact) mass is 480 g/mol. The Morgan fingerprint density at radius 2 is 2.03 bits per heavy atom. The maximum Gasteiger partial charge on any atom is 0.254 e. The number of hydrogen-bond acceptors (Lipinski definition) is 4. The van der Waals surface area contributed by atoms with E-state index in [0.717, 1.165) is 17.5 Å². The summed E-state index contributed by atoms with van der Waals surface area (Å²) in [6.45, 7) is 4.59. The van der Waals surface area contributed by atoms with Crippen LogP contribution < -0.4 is 4.74 Å². The van der Waals surface area contributed by atoms with Gasteiger partial charge in [-0.2, -0.15) is 0 Å². The number of hydrogen-bond donors (Lipinski definition) is 0. The van der Waals surface area contributed by atoms with Crippen molar-refractivity contribution in [3.05, 3.63) is 99.2 Å². The second kappa shape index (κ2) is 10.2. The molecular formula is C26H25ClN2O3S. The minimum atomic E-state index is -0.238. The van der Waals surface area contributed by atoms with Gasteiger partial charge in [0.25, 0.3) is 5.91 Å². The summed E-state index contributed by atoms with van der Waals surface area (Å²) in [5, 5.41) is 2.72. The Balaban J connectivity index is 1.61. The molecule has 7 heteroatoms. The molecule has 0 bridgehead atoms. The number of carbonyl (C=O) groups excluding carboxylic acids is 2. The minimum absolute atomic E-state index is 0.0361. The quantitative estimate of drug-likeness (QED) is 0.436. The molecule has 0 fully saturated rings. The average molecular weight is 481 g/mol. The summed E-state index contributed by atoms with van der Waals surface area (Å²) in [4.78, 5) is 31.5. The predicted molar refractivity (Wildman–Crippen MR) is 132 cm³/mol. The number of rotatable bonds is 7. The van der Waals surface area contributed by atoms with E-state index in [4.69, 9.17) is 16.3 Å². The molecule has 2 heterocycles. The van der Waals surface area contributed by atoms with E-state index in [1.165, 1.54) is 9.78 Å². The average Bonchev–Trinajstić information content (AvgIpc) is 3.32. The molecule has 170 valence electrons. The Morgan fingerprint density at radius 3 is 2.76 bits per heavy atom. The Kier molecular flexibility index (Phi) is 7.16. The fraction of sp³-hybridized carbons (Fsp3) is 0.231. The molecule has 4 rings (SSSR count). The van der Waals surface area contributed by atoms with Gasteiger partial charge in [0.1, 0.15) is 12.3 Å². The van der Waals surface area contributed by atoms with Gasteiger partial charge in [-0.15, -0.1) is 17.9 Å². The zero-order chi connectivity index (χ0) is 23.4. The lowest BCUT2D eigenvalue weighted by molar-refractivity contribution is -0.133. The topological polar surface area (TPSA) is 49.9 Å². The molecule has 2 amide bonds. The molecular weight excluding hydrogens is 456 g/mol. The number of benzene rings is 2. The molecule has 1 aliphatic rings. The second-order valence-electron chi connectivity index (χ2n) is 7.80. The first-order chi connectivity index (χ1) is 16.0. The first-order valence-corrected chi connectivity index (χ1v) is 11.9. The van der Waals surface area contributed by atoms with E-state index >= 15 is 0 Å². The number of ether oxygens (including phenoxy) is 1. The summed E-state index contributed by atoms with van der Waals surface area (Å²) >= 11 is 7.82. The first-order valence-electron chi connectivity index (χ1n) is 10.7. The zero-order valence-electron chi connectivity index (χ0n) is 18.4. The van der Waals surface area contributed by atoms with E-state index in [2.05, 4.69) is 18.0 Å². The largest absolute Gasteiger partial charge is 0.497 e. The van der Waals surface area contributed by atoms with Crippen LogP contribution in [-0.4, -0.2) is 48.4 Å². The van der Waals surface area contributed by atoms with E-state index in [9.17, 15) is 9.59 Å². The highest BCUT2D eigenvalue weighted by Crippen LogP contribution is 2.38. The normalized spacial score (nSPS) is 15.0. The van der Waals surface area contributed by atoms with Crippen LogP contribution in [0, 0.1) is 0 Å². The molecule has 1 unspecified atom stereocenters. The van der Waals surface area contributed by atoms with Crippen LogP contribution in [0.2, 0.25) is 5.02 Å². The fourth-order valence-corrected chi connectivity index (χ4v) is 5.19. The molecule has 0 N–H and O–H groups in total. The maximum atomic E-state index is 13.6. The van der Waals surface area contributed by atoms with E-state index in [1.54, 1.807) is 48.8 Å². The van der Waals surface area contributed by atoms with E-state index < -0.39 is 0 Å². The van der Waals surface area contributed by atoms with Crippen LogP contribution in [0.15, 0.2) is 72.6 Å². The van der Waals surface area contributed by atoms with E-state index in [-0.39, 0.29) is 30.9 Å². The van der Waals surface area contributed by atoms with Crippen molar-refractivity contribution in [3.8, 4) is 5.75 Å². The van der Waals surface area contributed by atoms with Crippen LogP contribution in [0.4, 0.5) is 0 Å². The summed E-state index contributed by atoms with van der Waals surface area (Å²) in [7, 11) is 1.56. The Bertz CT molecular complexity index is 1160. The highest BCUT2D eigenvalue weighted by molar-refractivity contribution is 7.10. The number of halogens is 1. The third-order valence-electron chi connectivity index (χ3n) is 5.75. The van der Waals surface area contributed by atoms with Crippen LogP contribution in [-0.2, 0) is 11.2 Å². The smallest absolute Gasteiger partial charge is 0.254 e. The third kappa shape index (κ3) is 4.97. The molecule has 0 aliphatic carbocycles. The number of fused-ring (bicyclic) bond motifs is 1. The number of methoxy groups -OCH3 is 1. The lowest BCUT2D eigenvalue weighted by Gasteiger charge is -2.37. The van der Waals surface area contributed by atoms with Crippen molar-refractivity contribution in [1.29, 1.82) is 0 Å². The first kappa shape index (κ1) is 23.1. The van der Waals surface area contributed by atoms with Gasteiger partial charge in [-0.05, 0) is 59.3 Å². The van der Waals surface area contributed by atoms with Crippen molar-refractivity contribution in [3.63, 3.8) is 0 Å². The SMILES string of the molecule is C=CCN(CC(=O)N1CCc2sccc2C1c1ccc(Cl)cc1)C(=O)c1cccc(OC)c1. The lowest BCUT2D eigenvalue weighted by atomic mass is 9.93. The molecule has 1 aliphatic heterocycles. The molecule has 2 aromatic carbocycles. The molecule has 1 atom stereocenters. The Labute approximate surface area is 202 Å². The van der Waals surface area contributed by atoms with Gasteiger partial charge in [-0.3, -0.25) is 9.59 Å². The zero-order valence-corrected chi connectivity index (χ0v) is 19.9. The van der Waals surface area contributed by atoms with Gasteiger partial charge in [0.15, 0.2) is 0 Å². The maximum absolute atomic E-state index is 13.6.